The molecule has 3 rings (SSSR count). The van der Waals surface area contributed by atoms with E-state index < -0.39 is 0 Å². The topological polar surface area (TPSA) is 118 Å². The van der Waals surface area contributed by atoms with Gasteiger partial charge in [0, 0.05) is 43.3 Å². The van der Waals surface area contributed by atoms with Crippen molar-refractivity contribution in [3.05, 3.63) is 46.0 Å². The minimum Gasteiger partial charge on any atom is -0.494 e. The standard InChI is InChI=1S/C20H28N6O4/c1-3-30-17-5-6-18-15(12-17)11-16(20(28)21-18)13-25(7-4-9-27)14-19-22-23-24-26(19)8-10-29-2/h5-6,11-12,27H,3-4,7-10,13-14H2,1-2H3,(H,21,28). The molecule has 1 aromatic carbocycles. The van der Waals surface area contributed by atoms with Crippen LogP contribution in [-0.2, 0) is 24.4 Å². The van der Waals surface area contributed by atoms with Gasteiger partial charge in [0.2, 0.25) is 0 Å². The second-order valence-corrected chi connectivity index (χ2v) is 6.90. The van der Waals surface area contributed by atoms with E-state index in [9.17, 15) is 9.90 Å². The average molecular weight is 416 g/mol. The highest BCUT2D eigenvalue weighted by atomic mass is 16.5. The average Bonchev–Trinajstić information content (AvgIpc) is 3.18. The Kier molecular flexibility index (Phi) is 7.89. The lowest BCUT2D eigenvalue weighted by atomic mass is 10.1. The second-order valence-electron chi connectivity index (χ2n) is 6.90. The van der Waals surface area contributed by atoms with Crippen LogP contribution in [0.5, 0.6) is 5.75 Å². The first-order valence-corrected chi connectivity index (χ1v) is 10.0. The van der Waals surface area contributed by atoms with E-state index in [0.29, 0.717) is 57.2 Å². The van der Waals surface area contributed by atoms with Gasteiger partial charge in [0.15, 0.2) is 5.82 Å². The number of aromatic nitrogens is 5. The third kappa shape index (κ3) is 5.62. The summed E-state index contributed by atoms with van der Waals surface area (Å²) in [4.78, 5) is 17.6. The number of H-pyrrole nitrogens is 1. The van der Waals surface area contributed by atoms with Crippen LogP contribution >= 0.6 is 0 Å². The van der Waals surface area contributed by atoms with Crippen LogP contribution in [0.2, 0.25) is 0 Å². The predicted molar refractivity (Wildman–Crippen MR) is 111 cm³/mol. The van der Waals surface area contributed by atoms with Crippen LogP contribution in [0.1, 0.15) is 24.7 Å². The van der Waals surface area contributed by atoms with Gasteiger partial charge in [-0.3, -0.25) is 9.69 Å². The van der Waals surface area contributed by atoms with Gasteiger partial charge in [-0.05, 0) is 48.0 Å². The molecule has 3 aromatic rings. The highest BCUT2D eigenvalue weighted by Crippen LogP contribution is 2.20. The Bertz CT molecular complexity index is 1000. The number of aromatic amines is 1. The number of nitrogens with one attached hydrogen (secondary N) is 1. The number of ether oxygens (including phenoxy) is 2. The lowest BCUT2D eigenvalue weighted by molar-refractivity contribution is 0.176. The van der Waals surface area contributed by atoms with Gasteiger partial charge in [-0.1, -0.05) is 0 Å². The van der Waals surface area contributed by atoms with Crippen LogP contribution in [0.4, 0.5) is 0 Å². The number of hydrogen-bond donors (Lipinski definition) is 2. The smallest absolute Gasteiger partial charge is 0.252 e. The summed E-state index contributed by atoms with van der Waals surface area (Å²) in [7, 11) is 1.63. The van der Waals surface area contributed by atoms with Crippen LogP contribution in [0.25, 0.3) is 10.9 Å². The number of nitrogens with zero attached hydrogens (tertiary/aromatic N) is 5. The van der Waals surface area contributed by atoms with E-state index >= 15 is 0 Å². The third-order valence-corrected chi connectivity index (χ3v) is 4.71. The molecule has 162 valence electrons. The highest BCUT2D eigenvalue weighted by molar-refractivity contribution is 5.80. The summed E-state index contributed by atoms with van der Waals surface area (Å²) < 4.78 is 12.4. The zero-order valence-corrected chi connectivity index (χ0v) is 17.4. The van der Waals surface area contributed by atoms with Gasteiger partial charge in [0.25, 0.3) is 5.56 Å². The van der Waals surface area contributed by atoms with Crippen LogP contribution < -0.4 is 10.3 Å². The molecule has 10 heteroatoms. The first-order valence-electron chi connectivity index (χ1n) is 10.0. The highest BCUT2D eigenvalue weighted by Gasteiger charge is 2.15. The van der Waals surface area contributed by atoms with Crippen molar-refractivity contribution < 1.29 is 14.6 Å². The van der Waals surface area contributed by atoms with Crippen molar-refractivity contribution in [1.29, 1.82) is 0 Å². The second kappa shape index (κ2) is 10.8. The fourth-order valence-corrected chi connectivity index (χ4v) is 3.24. The molecule has 0 saturated heterocycles. The van der Waals surface area contributed by atoms with Gasteiger partial charge in [-0.25, -0.2) is 4.68 Å². The molecule has 0 spiro atoms. The molecule has 0 saturated carbocycles. The van der Waals surface area contributed by atoms with Gasteiger partial charge in [-0.2, -0.15) is 0 Å². The molecule has 0 atom stereocenters. The molecule has 0 bridgehead atoms. The molecule has 0 radical (unpaired) electrons. The summed E-state index contributed by atoms with van der Waals surface area (Å²) in [5.41, 5.74) is 1.25. The maximum absolute atomic E-state index is 12.6. The van der Waals surface area contributed by atoms with Crippen LogP contribution in [0.15, 0.2) is 29.1 Å². The van der Waals surface area contributed by atoms with Crippen LogP contribution in [-0.4, -0.2) is 68.7 Å². The van der Waals surface area contributed by atoms with Crippen LogP contribution in [0, 0.1) is 0 Å². The van der Waals surface area contributed by atoms with E-state index in [1.165, 1.54) is 0 Å². The molecular formula is C20H28N6O4. The van der Waals surface area contributed by atoms with Gasteiger partial charge >= 0.3 is 0 Å². The quantitative estimate of drug-likeness (QED) is 0.448. The lowest BCUT2D eigenvalue weighted by Gasteiger charge is -2.21. The van der Waals surface area contributed by atoms with Crippen molar-refractivity contribution in [2.45, 2.75) is 33.0 Å². The molecule has 2 aromatic heterocycles. The third-order valence-electron chi connectivity index (χ3n) is 4.71. The summed E-state index contributed by atoms with van der Waals surface area (Å²) in [5.74, 6) is 1.44. The number of hydrogen-bond acceptors (Lipinski definition) is 8. The molecule has 0 aliphatic rings. The molecule has 0 aliphatic heterocycles. The molecule has 2 heterocycles. The normalized spacial score (nSPS) is 11.5. The van der Waals surface area contributed by atoms with Crippen molar-refractivity contribution in [1.82, 2.24) is 30.1 Å². The van der Waals surface area contributed by atoms with Crippen molar-refractivity contribution in [2.75, 3.05) is 33.5 Å². The van der Waals surface area contributed by atoms with Gasteiger partial charge < -0.3 is 19.6 Å². The Hall–Kier alpha value is -2.82. The Labute approximate surface area is 174 Å². The summed E-state index contributed by atoms with van der Waals surface area (Å²) >= 11 is 0. The molecule has 2 N–H and O–H groups in total. The predicted octanol–water partition coefficient (Wildman–Crippen LogP) is 0.944. The molecule has 0 unspecified atom stereocenters. The molecule has 0 aliphatic carbocycles. The van der Waals surface area contributed by atoms with Crippen molar-refractivity contribution >= 4 is 10.9 Å². The molecule has 0 fully saturated rings. The Morgan fingerprint density at radius 2 is 2.13 bits per heavy atom. The van der Waals surface area contributed by atoms with Gasteiger partial charge in [0.1, 0.15) is 5.75 Å². The molecule has 30 heavy (non-hydrogen) atoms. The lowest BCUT2D eigenvalue weighted by Crippen LogP contribution is -2.29. The summed E-state index contributed by atoms with van der Waals surface area (Å²) in [6.07, 6.45) is 0.583. The van der Waals surface area contributed by atoms with Gasteiger partial charge in [0.05, 0.1) is 26.3 Å². The van der Waals surface area contributed by atoms with E-state index in [-0.39, 0.29) is 12.2 Å². The maximum atomic E-state index is 12.6. The van der Waals surface area contributed by atoms with Crippen molar-refractivity contribution in [3.8, 4) is 5.75 Å². The number of benzene rings is 1. The minimum absolute atomic E-state index is 0.0664. The number of methoxy groups -OCH3 is 1. The molecule has 0 amide bonds. The van der Waals surface area contributed by atoms with E-state index in [1.54, 1.807) is 11.8 Å². The zero-order valence-electron chi connectivity index (χ0n) is 17.4. The van der Waals surface area contributed by atoms with Crippen molar-refractivity contribution in [2.24, 2.45) is 0 Å². The zero-order chi connectivity index (χ0) is 21.3. The van der Waals surface area contributed by atoms with E-state index in [0.717, 1.165) is 16.7 Å². The molecular weight excluding hydrogens is 388 g/mol. The summed E-state index contributed by atoms with van der Waals surface area (Å²) in [5, 5.41) is 22.0. The Balaban J connectivity index is 1.83. The SMILES string of the molecule is CCOc1ccc2[nH]c(=O)c(CN(CCCO)Cc3nnnn3CCOC)cc2c1. The van der Waals surface area contributed by atoms with E-state index in [4.69, 9.17) is 9.47 Å². The fourth-order valence-electron chi connectivity index (χ4n) is 3.24. The monoisotopic (exact) mass is 416 g/mol. The summed E-state index contributed by atoms with van der Waals surface area (Å²) in [6.45, 7) is 5.08. The number of pyridine rings is 1. The number of rotatable bonds is 12. The summed E-state index contributed by atoms with van der Waals surface area (Å²) in [6, 6.07) is 7.49. The van der Waals surface area contributed by atoms with Crippen LogP contribution in [0.3, 0.4) is 0 Å². The Morgan fingerprint density at radius 3 is 2.90 bits per heavy atom. The fraction of sp³-hybridized carbons (Fsp3) is 0.500. The minimum atomic E-state index is -0.139. The number of aliphatic hydroxyl groups is 1. The van der Waals surface area contributed by atoms with E-state index in [1.807, 2.05) is 36.1 Å². The first-order chi connectivity index (χ1) is 14.6. The maximum Gasteiger partial charge on any atom is 0.252 e. The van der Waals surface area contributed by atoms with Gasteiger partial charge in [-0.15, -0.1) is 5.10 Å². The van der Waals surface area contributed by atoms with Crippen molar-refractivity contribution in [3.63, 3.8) is 0 Å². The number of aliphatic hydroxyl groups excluding tert-OH is 1. The number of fused-ring (bicyclic) bond motifs is 1. The Morgan fingerprint density at radius 1 is 1.27 bits per heavy atom. The van der Waals surface area contributed by atoms with E-state index in [2.05, 4.69) is 20.5 Å². The first kappa shape index (κ1) is 21.9. The molecule has 10 nitrogen and oxygen atoms in total. The number of tetrazole rings is 1. The largest absolute Gasteiger partial charge is 0.494 e.